The maximum atomic E-state index is 12.6. The van der Waals surface area contributed by atoms with Crippen LogP contribution < -0.4 is 0 Å². The number of unbranched alkanes of at least 4 members (excludes halogenated alkanes) is 12. The van der Waals surface area contributed by atoms with E-state index in [-0.39, 0.29) is 24.9 Å². The lowest BCUT2D eigenvalue weighted by Crippen LogP contribution is -2.39. The third-order valence-corrected chi connectivity index (χ3v) is 7.30. The summed E-state index contributed by atoms with van der Waals surface area (Å²) in [7, 11) is 3.29. The van der Waals surface area contributed by atoms with Gasteiger partial charge in [0.1, 0.15) is 12.2 Å². The fourth-order valence-corrected chi connectivity index (χ4v) is 4.70. The number of carbonyl (C=O) groups is 2. The Morgan fingerprint density at radius 3 is 1.94 bits per heavy atom. The maximum Gasteiger partial charge on any atom is 0.320 e. The van der Waals surface area contributed by atoms with E-state index < -0.39 is 17.0 Å². The number of nitrogens with zero attached hydrogens (tertiary/aromatic N) is 1. The van der Waals surface area contributed by atoms with Crippen molar-refractivity contribution in [2.24, 2.45) is 0 Å². The van der Waals surface area contributed by atoms with E-state index in [0.29, 0.717) is 6.42 Å². The summed E-state index contributed by atoms with van der Waals surface area (Å²) in [5.41, 5.74) is 0. The molecule has 0 fully saturated rings. The molecule has 3 unspecified atom stereocenters. The number of alkyl halides is 1. The number of ether oxygens (including phenoxy) is 2. The van der Waals surface area contributed by atoms with Crippen LogP contribution in [0.25, 0.3) is 0 Å². The molecule has 0 heterocycles. The number of hydrogen-bond acceptors (Lipinski definition) is 6. The zero-order valence-electron chi connectivity index (χ0n) is 23.5. The highest BCUT2D eigenvalue weighted by Crippen LogP contribution is 2.19. The van der Waals surface area contributed by atoms with E-state index in [4.69, 9.17) is 4.74 Å². The number of aliphatic hydroxyl groups is 1. The number of hydrogen-bond donors (Lipinski definition) is 1. The summed E-state index contributed by atoms with van der Waals surface area (Å²) in [6.45, 7) is 5.46. The minimum absolute atomic E-state index is 0.134. The first-order valence-electron chi connectivity index (χ1n) is 14.3. The Morgan fingerprint density at radius 1 is 0.861 bits per heavy atom. The van der Waals surface area contributed by atoms with Crippen molar-refractivity contribution < 1.29 is 24.2 Å². The predicted octanol–water partition coefficient (Wildman–Crippen LogP) is 6.97. The lowest BCUT2D eigenvalue weighted by atomic mass is 10.0. The van der Waals surface area contributed by atoms with Crippen LogP contribution >= 0.6 is 15.9 Å². The third-order valence-electron chi connectivity index (χ3n) is 6.46. The number of rotatable bonds is 24. The van der Waals surface area contributed by atoms with Gasteiger partial charge in [-0.1, -0.05) is 119 Å². The molecular weight excluding hydrogens is 522 g/mol. The fraction of sp³-hybridized carbons (Fsp3) is 0.862. The summed E-state index contributed by atoms with van der Waals surface area (Å²) in [5.74, 6) is -0.647. The quantitative estimate of drug-likeness (QED) is 0.0579. The smallest absolute Gasteiger partial charge is 0.320 e. The Labute approximate surface area is 229 Å². The zero-order chi connectivity index (χ0) is 27.0. The van der Waals surface area contributed by atoms with Crippen LogP contribution in [0.1, 0.15) is 117 Å². The van der Waals surface area contributed by atoms with Crippen molar-refractivity contribution in [1.29, 1.82) is 0 Å². The van der Waals surface area contributed by atoms with Crippen molar-refractivity contribution >= 4 is 27.9 Å². The summed E-state index contributed by atoms with van der Waals surface area (Å²) in [6, 6.07) is 0. The van der Waals surface area contributed by atoms with Crippen LogP contribution in [-0.4, -0.2) is 66.2 Å². The number of carbonyl (C=O) groups excluding carboxylic acids is 2. The summed E-state index contributed by atoms with van der Waals surface area (Å²) >= 11 is 3.45. The van der Waals surface area contributed by atoms with Crippen molar-refractivity contribution in [2.75, 3.05) is 27.2 Å². The van der Waals surface area contributed by atoms with Gasteiger partial charge in [-0.2, -0.15) is 0 Å². The Bertz CT molecular complexity index is 572. The molecule has 0 amide bonds. The van der Waals surface area contributed by atoms with E-state index in [1.54, 1.807) is 12.2 Å². The molecule has 0 saturated heterocycles. The zero-order valence-corrected chi connectivity index (χ0v) is 25.1. The molecule has 0 bridgehead atoms. The molecule has 0 saturated carbocycles. The van der Waals surface area contributed by atoms with Crippen LogP contribution in [-0.2, 0) is 19.1 Å². The maximum absolute atomic E-state index is 12.6. The SMILES string of the molecule is CCCCCCCCCCCCCN(C)CC(=O)OC(CCCCC)C(O)C(Br)C=CCC(=O)OC. The van der Waals surface area contributed by atoms with Crippen molar-refractivity contribution in [2.45, 2.75) is 134 Å². The van der Waals surface area contributed by atoms with Gasteiger partial charge >= 0.3 is 11.9 Å². The first kappa shape index (κ1) is 35.1. The van der Waals surface area contributed by atoms with Gasteiger partial charge in [0.25, 0.3) is 0 Å². The average molecular weight is 577 g/mol. The van der Waals surface area contributed by atoms with Gasteiger partial charge in [-0.25, -0.2) is 0 Å². The molecule has 0 aliphatic rings. The molecular formula is C29H54BrNO5. The number of methoxy groups -OCH3 is 1. The fourth-order valence-electron chi connectivity index (χ4n) is 4.14. The second-order valence-corrected chi connectivity index (χ2v) is 11.0. The number of halogens is 1. The summed E-state index contributed by atoms with van der Waals surface area (Å²) in [4.78, 5) is 25.5. The molecule has 0 aliphatic heterocycles. The van der Waals surface area contributed by atoms with E-state index in [2.05, 4.69) is 34.5 Å². The molecule has 1 N–H and O–H groups in total. The second-order valence-electron chi connectivity index (χ2n) is 9.94. The van der Waals surface area contributed by atoms with Crippen molar-refractivity contribution in [3.8, 4) is 0 Å². The molecule has 0 aromatic heterocycles. The average Bonchev–Trinajstić information content (AvgIpc) is 2.86. The third kappa shape index (κ3) is 20.2. The normalized spacial score (nSPS) is 14.2. The highest BCUT2D eigenvalue weighted by molar-refractivity contribution is 9.09. The number of likely N-dealkylation sites (N-methyl/N-ethyl adjacent to an activating group) is 1. The Kier molecular flexibility index (Phi) is 23.8. The van der Waals surface area contributed by atoms with Crippen LogP contribution in [0, 0.1) is 0 Å². The summed E-state index contributed by atoms with van der Waals surface area (Å²) < 4.78 is 10.3. The Hall–Kier alpha value is -0.920. The van der Waals surface area contributed by atoms with Crippen LogP contribution in [0.2, 0.25) is 0 Å². The molecule has 0 radical (unpaired) electrons. The van der Waals surface area contributed by atoms with Gasteiger partial charge in [0, 0.05) is 0 Å². The largest absolute Gasteiger partial charge is 0.469 e. The highest BCUT2D eigenvalue weighted by Gasteiger charge is 2.28. The van der Waals surface area contributed by atoms with Gasteiger partial charge in [0.15, 0.2) is 0 Å². The van der Waals surface area contributed by atoms with E-state index in [1.807, 2.05) is 11.9 Å². The van der Waals surface area contributed by atoms with Gasteiger partial charge in [-0.05, 0) is 32.9 Å². The minimum atomic E-state index is -0.892. The van der Waals surface area contributed by atoms with Crippen LogP contribution in [0.5, 0.6) is 0 Å². The van der Waals surface area contributed by atoms with Gasteiger partial charge < -0.3 is 14.6 Å². The van der Waals surface area contributed by atoms with E-state index >= 15 is 0 Å². The molecule has 0 spiro atoms. The summed E-state index contributed by atoms with van der Waals surface area (Å²) in [5, 5.41) is 10.8. The number of esters is 2. The molecule has 3 atom stereocenters. The minimum Gasteiger partial charge on any atom is -0.469 e. The van der Waals surface area contributed by atoms with Gasteiger partial charge in [-0.15, -0.1) is 0 Å². The predicted molar refractivity (Wildman–Crippen MR) is 152 cm³/mol. The van der Waals surface area contributed by atoms with Gasteiger partial charge in [0.05, 0.1) is 24.9 Å². The molecule has 0 aromatic rings. The second kappa shape index (κ2) is 24.4. The number of aliphatic hydroxyl groups excluding tert-OH is 1. The van der Waals surface area contributed by atoms with E-state index in [1.165, 1.54) is 71.3 Å². The van der Waals surface area contributed by atoms with Crippen LogP contribution in [0.15, 0.2) is 12.2 Å². The van der Waals surface area contributed by atoms with Gasteiger partial charge in [-0.3, -0.25) is 14.5 Å². The van der Waals surface area contributed by atoms with Crippen molar-refractivity contribution in [1.82, 2.24) is 4.90 Å². The van der Waals surface area contributed by atoms with Crippen LogP contribution in [0.4, 0.5) is 0 Å². The first-order valence-corrected chi connectivity index (χ1v) is 15.2. The monoisotopic (exact) mass is 575 g/mol. The standard InChI is InChI=1S/C29H54BrNO5/c1-5-7-9-10-11-12-13-14-15-16-18-23-31(3)24-28(33)36-26(21-17-8-6-2)29(34)25(30)20-19-22-27(32)35-4/h19-20,25-26,29,34H,5-18,21-24H2,1-4H3. The lowest BCUT2D eigenvalue weighted by Gasteiger charge is -2.26. The molecule has 36 heavy (non-hydrogen) atoms. The molecule has 212 valence electrons. The molecule has 0 rings (SSSR count). The highest BCUT2D eigenvalue weighted by atomic mass is 79.9. The summed E-state index contributed by atoms with van der Waals surface area (Å²) in [6.07, 6.45) is 19.9. The Morgan fingerprint density at radius 2 is 1.39 bits per heavy atom. The molecule has 7 heteroatoms. The van der Waals surface area contributed by atoms with Crippen molar-refractivity contribution in [3.63, 3.8) is 0 Å². The lowest BCUT2D eigenvalue weighted by molar-refractivity contribution is -0.156. The van der Waals surface area contributed by atoms with E-state index in [9.17, 15) is 14.7 Å². The topological polar surface area (TPSA) is 76.1 Å². The Balaban J connectivity index is 4.29. The molecule has 0 aromatic carbocycles. The van der Waals surface area contributed by atoms with Crippen LogP contribution in [0.3, 0.4) is 0 Å². The molecule has 6 nitrogen and oxygen atoms in total. The van der Waals surface area contributed by atoms with E-state index in [0.717, 1.165) is 32.2 Å². The molecule has 0 aliphatic carbocycles. The van der Waals surface area contributed by atoms with Gasteiger partial charge in [0.2, 0.25) is 0 Å². The first-order chi connectivity index (χ1) is 17.3. The van der Waals surface area contributed by atoms with Crippen molar-refractivity contribution in [3.05, 3.63) is 12.2 Å².